The SMILES string of the molecule is CC[C@]12CC[C@@](O)(CC(C)C)C[C@H]1CCCc1cc(C(=O)O)ccc12. The number of rotatable bonds is 4. The summed E-state index contributed by atoms with van der Waals surface area (Å²) in [6, 6.07) is 5.75. The van der Waals surface area contributed by atoms with Crippen molar-refractivity contribution < 1.29 is 15.0 Å². The highest BCUT2D eigenvalue weighted by Gasteiger charge is 2.49. The molecule has 2 aliphatic rings. The second-order valence-electron chi connectivity index (χ2n) is 8.80. The van der Waals surface area contributed by atoms with E-state index in [0.717, 1.165) is 51.4 Å². The third kappa shape index (κ3) is 3.36. The van der Waals surface area contributed by atoms with Crippen molar-refractivity contribution in [2.45, 2.75) is 83.2 Å². The first-order chi connectivity index (χ1) is 11.8. The molecule has 3 nitrogen and oxygen atoms in total. The molecule has 3 rings (SSSR count). The van der Waals surface area contributed by atoms with Crippen molar-refractivity contribution in [2.24, 2.45) is 11.8 Å². The van der Waals surface area contributed by atoms with E-state index in [4.69, 9.17) is 0 Å². The summed E-state index contributed by atoms with van der Waals surface area (Å²) in [5, 5.41) is 20.5. The maximum atomic E-state index is 11.4. The fraction of sp³-hybridized carbons (Fsp3) is 0.682. The Balaban J connectivity index is 1.99. The van der Waals surface area contributed by atoms with Crippen LogP contribution in [0.2, 0.25) is 0 Å². The maximum Gasteiger partial charge on any atom is 0.335 e. The first-order valence-corrected chi connectivity index (χ1v) is 9.89. The molecule has 1 fully saturated rings. The minimum absolute atomic E-state index is 0.103. The minimum atomic E-state index is -0.843. The van der Waals surface area contributed by atoms with E-state index >= 15 is 0 Å². The number of benzene rings is 1. The fourth-order valence-corrected chi connectivity index (χ4v) is 5.71. The van der Waals surface area contributed by atoms with Gasteiger partial charge in [-0.1, -0.05) is 26.8 Å². The third-order valence-electron chi connectivity index (χ3n) is 6.75. The standard InChI is InChI=1S/C22H32O3/c1-4-22-11-10-21(25,13-15(2)3)14-18(22)7-5-6-16-12-17(20(23)24)8-9-19(16)22/h8-9,12,15,18,25H,4-7,10-11,13-14H2,1-3H3,(H,23,24)/t18-,21-,22+/m1/s1. The van der Waals surface area contributed by atoms with Crippen molar-refractivity contribution in [3.8, 4) is 0 Å². The number of hydrogen-bond donors (Lipinski definition) is 2. The molecule has 1 aromatic carbocycles. The van der Waals surface area contributed by atoms with E-state index in [-0.39, 0.29) is 5.41 Å². The lowest BCUT2D eigenvalue weighted by molar-refractivity contribution is -0.0611. The molecule has 2 aliphatic carbocycles. The molecule has 0 amide bonds. The zero-order valence-corrected chi connectivity index (χ0v) is 15.8. The summed E-state index contributed by atoms with van der Waals surface area (Å²) in [6.45, 7) is 6.64. The van der Waals surface area contributed by atoms with Crippen molar-refractivity contribution in [1.82, 2.24) is 0 Å². The molecule has 0 spiro atoms. The molecule has 0 radical (unpaired) electrons. The summed E-state index contributed by atoms with van der Waals surface area (Å²) in [4.78, 5) is 11.4. The van der Waals surface area contributed by atoms with Gasteiger partial charge in [0.05, 0.1) is 11.2 Å². The highest BCUT2D eigenvalue weighted by molar-refractivity contribution is 5.88. The zero-order chi connectivity index (χ0) is 18.2. The molecule has 1 saturated carbocycles. The quantitative estimate of drug-likeness (QED) is 0.813. The summed E-state index contributed by atoms with van der Waals surface area (Å²) >= 11 is 0. The number of hydrogen-bond acceptors (Lipinski definition) is 2. The molecule has 3 heteroatoms. The summed E-state index contributed by atoms with van der Waals surface area (Å²) in [5.41, 5.74) is 2.55. The Hall–Kier alpha value is -1.35. The van der Waals surface area contributed by atoms with Gasteiger partial charge in [0.2, 0.25) is 0 Å². The van der Waals surface area contributed by atoms with Gasteiger partial charge in [0.15, 0.2) is 0 Å². The van der Waals surface area contributed by atoms with Crippen LogP contribution in [0.3, 0.4) is 0 Å². The Kier molecular flexibility index (Phi) is 4.98. The molecular formula is C22H32O3. The van der Waals surface area contributed by atoms with Crippen LogP contribution >= 0.6 is 0 Å². The van der Waals surface area contributed by atoms with Crippen LogP contribution in [0.4, 0.5) is 0 Å². The Bertz CT molecular complexity index is 651. The lowest BCUT2D eigenvalue weighted by atomic mass is 9.56. The number of carboxylic acids is 1. The Morgan fingerprint density at radius 1 is 1.32 bits per heavy atom. The Labute approximate surface area is 151 Å². The van der Waals surface area contributed by atoms with Gasteiger partial charge >= 0.3 is 5.97 Å². The normalized spacial score (nSPS) is 32.0. The summed E-state index contributed by atoms with van der Waals surface area (Å²) in [5.74, 6) is 0.159. The molecule has 25 heavy (non-hydrogen) atoms. The predicted octanol–water partition coefficient (Wildman–Crippen LogP) is 4.95. The lowest BCUT2D eigenvalue weighted by Gasteiger charge is -2.50. The molecule has 2 N–H and O–H groups in total. The van der Waals surface area contributed by atoms with Gasteiger partial charge in [0, 0.05) is 0 Å². The van der Waals surface area contributed by atoms with Crippen molar-refractivity contribution in [3.63, 3.8) is 0 Å². The third-order valence-corrected chi connectivity index (χ3v) is 6.75. The molecule has 0 bridgehead atoms. The molecule has 3 atom stereocenters. The van der Waals surface area contributed by atoms with E-state index in [9.17, 15) is 15.0 Å². The Morgan fingerprint density at radius 2 is 2.08 bits per heavy atom. The van der Waals surface area contributed by atoms with Crippen molar-refractivity contribution in [3.05, 3.63) is 34.9 Å². The minimum Gasteiger partial charge on any atom is -0.478 e. The van der Waals surface area contributed by atoms with Crippen LogP contribution in [0.25, 0.3) is 0 Å². The molecule has 0 aliphatic heterocycles. The van der Waals surface area contributed by atoms with Gasteiger partial charge in [-0.3, -0.25) is 0 Å². The Morgan fingerprint density at radius 3 is 2.72 bits per heavy atom. The van der Waals surface area contributed by atoms with E-state index in [2.05, 4.69) is 26.8 Å². The topological polar surface area (TPSA) is 57.5 Å². The van der Waals surface area contributed by atoms with E-state index in [0.29, 0.717) is 17.4 Å². The summed E-state index contributed by atoms with van der Waals surface area (Å²) in [7, 11) is 0. The van der Waals surface area contributed by atoms with Gasteiger partial charge in [-0.05, 0) is 91.9 Å². The molecule has 0 heterocycles. The molecular weight excluding hydrogens is 312 g/mol. The number of carbonyl (C=O) groups is 1. The second kappa shape index (κ2) is 6.75. The summed E-state index contributed by atoms with van der Waals surface area (Å²) < 4.78 is 0. The van der Waals surface area contributed by atoms with Crippen LogP contribution in [0, 0.1) is 11.8 Å². The van der Waals surface area contributed by atoms with E-state index in [1.165, 1.54) is 11.1 Å². The number of aliphatic hydroxyl groups is 1. The predicted molar refractivity (Wildman–Crippen MR) is 100 cm³/mol. The number of aryl methyl sites for hydroxylation is 1. The van der Waals surface area contributed by atoms with Gasteiger partial charge in [0.25, 0.3) is 0 Å². The van der Waals surface area contributed by atoms with Crippen LogP contribution in [-0.4, -0.2) is 21.8 Å². The average molecular weight is 344 g/mol. The number of aromatic carboxylic acids is 1. The smallest absolute Gasteiger partial charge is 0.335 e. The van der Waals surface area contributed by atoms with E-state index in [1.807, 2.05) is 6.07 Å². The first kappa shape index (κ1) is 18.4. The molecule has 0 saturated heterocycles. The van der Waals surface area contributed by atoms with Crippen LogP contribution in [0.1, 0.15) is 87.2 Å². The van der Waals surface area contributed by atoms with Crippen LogP contribution in [0.5, 0.6) is 0 Å². The average Bonchev–Trinajstić information content (AvgIpc) is 2.69. The van der Waals surface area contributed by atoms with Crippen LogP contribution in [0.15, 0.2) is 18.2 Å². The van der Waals surface area contributed by atoms with Crippen molar-refractivity contribution >= 4 is 5.97 Å². The van der Waals surface area contributed by atoms with E-state index in [1.54, 1.807) is 6.07 Å². The van der Waals surface area contributed by atoms with Gasteiger partial charge in [0.1, 0.15) is 0 Å². The zero-order valence-electron chi connectivity index (χ0n) is 15.8. The van der Waals surface area contributed by atoms with Crippen molar-refractivity contribution in [1.29, 1.82) is 0 Å². The number of fused-ring (bicyclic) bond motifs is 3. The number of carboxylic acid groups (broad SMARTS) is 1. The van der Waals surface area contributed by atoms with E-state index < -0.39 is 11.6 Å². The lowest BCUT2D eigenvalue weighted by Crippen LogP contribution is -2.48. The van der Waals surface area contributed by atoms with Gasteiger partial charge < -0.3 is 10.2 Å². The van der Waals surface area contributed by atoms with Crippen LogP contribution < -0.4 is 0 Å². The molecule has 0 aromatic heterocycles. The molecule has 0 unspecified atom stereocenters. The van der Waals surface area contributed by atoms with Gasteiger partial charge in [-0.15, -0.1) is 0 Å². The van der Waals surface area contributed by atoms with Crippen molar-refractivity contribution in [2.75, 3.05) is 0 Å². The first-order valence-electron chi connectivity index (χ1n) is 9.89. The fourth-order valence-electron chi connectivity index (χ4n) is 5.71. The van der Waals surface area contributed by atoms with Crippen LogP contribution in [-0.2, 0) is 11.8 Å². The second-order valence-corrected chi connectivity index (χ2v) is 8.80. The largest absolute Gasteiger partial charge is 0.478 e. The molecule has 1 aromatic rings. The highest BCUT2D eigenvalue weighted by Crippen LogP contribution is 2.54. The summed E-state index contributed by atoms with van der Waals surface area (Å²) in [6.07, 6.45) is 7.87. The van der Waals surface area contributed by atoms with Gasteiger partial charge in [-0.25, -0.2) is 4.79 Å². The molecule has 138 valence electrons. The van der Waals surface area contributed by atoms with Gasteiger partial charge in [-0.2, -0.15) is 0 Å². The highest BCUT2D eigenvalue weighted by atomic mass is 16.4. The monoisotopic (exact) mass is 344 g/mol. The maximum absolute atomic E-state index is 11.4.